The molecule has 0 aliphatic rings. The lowest BCUT2D eigenvalue weighted by Gasteiger charge is -2.23. The van der Waals surface area contributed by atoms with Crippen molar-refractivity contribution in [3.8, 4) is 0 Å². The molecule has 2 atom stereocenters. The van der Waals surface area contributed by atoms with Crippen LogP contribution in [0, 0.1) is 0 Å². The van der Waals surface area contributed by atoms with E-state index < -0.39 is 12.2 Å². The highest BCUT2D eigenvalue weighted by molar-refractivity contribution is 4.68. The monoisotopic (exact) mass is 210 g/mol. The lowest BCUT2D eigenvalue weighted by Crippen LogP contribution is -2.38. The normalized spacial score (nSPS) is 15.4. The Kier molecular flexibility index (Phi) is 9.16. The van der Waals surface area contributed by atoms with Crippen LogP contribution in [0.5, 0.6) is 0 Å². The standard InChI is InChI=1S/C8H18O6/c1-11-5-13-7(3-9)8(4-10)14-6-12-2/h7-10H,3-6H2,1-2H3/t7-,8+. The first-order valence-electron chi connectivity index (χ1n) is 4.22. The van der Waals surface area contributed by atoms with Gasteiger partial charge in [-0.15, -0.1) is 0 Å². The highest BCUT2D eigenvalue weighted by Gasteiger charge is 2.21. The van der Waals surface area contributed by atoms with Crippen molar-refractivity contribution in [2.24, 2.45) is 0 Å². The summed E-state index contributed by atoms with van der Waals surface area (Å²) in [6.07, 6.45) is -1.23. The van der Waals surface area contributed by atoms with Crippen molar-refractivity contribution in [2.45, 2.75) is 12.2 Å². The molecule has 0 aromatic heterocycles. The van der Waals surface area contributed by atoms with Crippen LogP contribution in [0.3, 0.4) is 0 Å². The van der Waals surface area contributed by atoms with Crippen LogP contribution >= 0.6 is 0 Å². The fourth-order valence-corrected chi connectivity index (χ4v) is 0.866. The van der Waals surface area contributed by atoms with Crippen molar-refractivity contribution in [1.82, 2.24) is 0 Å². The van der Waals surface area contributed by atoms with E-state index in [-0.39, 0.29) is 26.8 Å². The van der Waals surface area contributed by atoms with Gasteiger partial charge in [-0.1, -0.05) is 0 Å². The van der Waals surface area contributed by atoms with E-state index in [0.29, 0.717) is 0 Å². The molecule has 0 saturated carbocycles. The Labute approximate surface area is 83.3 Å². The molecule has 0 saturated heterocycles. The molecule has 0 aliphatic carbocycles. The fourth-order valence-electron chi connectivity index (χ4n) is 0.866. The van der Waals surface area contributed by atoms with Crippen LogP contribution in [-0.4, -0.2) is 63.4 Å². The molecule has 0 amide bonds. The van der Waals surface area contributed by atoms with E-state index in [1.54, 1.807) is 0 Å². The molecule has 6 nitrogen and oxygen atoms in total. The number of rotatable bonds is 9. The molecule has 0 aliphatic heterocycles. The van der Waals surface area contributed by atoms with Crippen molar-refractivity contribution >= 4 is 0 Å². The highest BCUT2D eigenvalue weighted by Crippen LogP contribution is 2.03. The predicted molar refractivity (Wildman–Crippen MR) is 47.7 cm³/mol. The second-order valence-corrected chi connectivity index (χ2v) is 2.59. The first-order chi connectivity index (χ1) is 6.79. The molecule has 0 rings (SSSR count). The quantitative estimate of drug-likeness (QED) is 0.473. The molecule has 0 radical (unpaired) electrons. The van der Waals surface area contributed by atoms with Crippen LogP contribution in [-0.2, 0) is 18.9 Å². The van der Waals surface area contributed by atoms with Gasteiger partial charge in [0.2, 0.25) is 0 Å². The summed E-state index contributed by atoms with van der Waals surface area (Å²) in [6.45, 7) is -0.424. The zero-order valence-electron chi connectivity index (χ0n) is 8.51. The Morgan fingerprint density at radius 2 is 1.21 bits per heavy atom. The van der Waals surface area contributed by atoms with Crippen LogP contribution in [0.25, 0.3) is 0 Å². The molecule has 0 spiro atoms. The maximum atomic E-state index is 8.94. The summed E-state index contributed by atoms with van der Waals surface area (Å²) in [5.74, 6) is 0. The summed E-state index contributed by atoms with van der Waals surface area (Å²) in [5.41, 5.74) is 0. The predicted octanol–water partition coefficient (Wildman–Crippen LogP) is -1.05. The van der Waals surface area contributed by atoms with Crippen LogP contribution in [0.15, 0.2) is 0 Å². The van der Waals surface area contributed by atoms with Crippen LogP contribution < -0.4 is 0 Å². The number of ether oxygens (including phenoxy) is 4. The Morgan fingerprint density at radius 3 is 1.43 bits per heavy atom. The van der Waals surface area contributed by atoms with E-state index in [9.17, 15) is 0 Å². The molecule has 6 heteroatoms. The summed E-state index contributed by atoms with van der Waals surface area (Å²) in [6, 6.07) is 0. The third-order valence-corrected chi connectivity index (χ3v) is 1.57. The molecule has 0 aromatic rings. The molecule has 0 fully saturated rings. The molecule has 0 bridgehead atoms. The van der Waals surface area contributed by atoms with Gasteiger partial charge in [0, 0.05) is 14.2 Å². The third kappa shape index (κ3) is 5.48. The van der Waals surface area contributed by atoms with E-state index in [1.165, 1.54) is 14.2 Å². The smallest absolute Gasteiger partial charge is 0.146 e. The number of aliphatic hydroxyl groups excluding tert-OH is 2. The average Bonchev–Trinajstić information content (AvgIpc) is 2.23. The van der Waals surface area contributed by atoms with Gasteiger partial charge >= 0.3 is 0 Å². The Bertz CT molecular complexity index is 106. The van der Waals surface area contributed by atoms with Crippen molar-refractivity contribution in [3.05, 3.63) is 0 Å². The van der Waals surface area contributed by atoms with Gasteiger partial charge in [-0.2, -0.15) is 0 Å². The fraction of sp³-hybridized carbons (Fsp3) is 1.00. The molecular formula is C8H18O6. The van der Waals surface area contributed by atoms with Crippen LogP contribution in [0.4, 0.5) is 0 Å². The lowest BCUT2D eigenvalue weighted by atomic mass is 10.2. The van der Waals surface area contributed by atoms with Crippen molar-refractivity contribution in [2.75, 3.05) is 41.0 Å². The van der Waals surface area contributed by atoms with E-state index in [1.807, 2.05) is 0 Å². The van der Waals surface area contributed by atoms with Crippen molar-refractivity contribution < 1.29 is 29.2 Å². The zero-order chi connectivity index (χ0) is 10.8. The summed E-state index contributed by atoms with van der Waals surface area (Å²) in [7, 11) is 2.94. The Hall–Kier alpha value is -0.240. The third-order valence-electron chi connectivity index (χ3n) is 1.57. The minimum atomic E-state index is -0.616. The largest absolute Gasteiger partial charge is 0.394 e. The van der Waals surface area contributed by atoms with Crippen LogP contribution in [0.1, 0.15) is 0 Å². The van der Waals surface area contributed by atoms with Gasteiger partial charge in [-0.3, -0.25) is 0 Å². The van der Waals surface area contributed by atoms with E-state index in [4.69, 9.17) is 19.7 Å². The maximum Gasteiger partial charge on any atom is 0.146 e. The van der Waals surface area contributed by atoms with Gasteiger partial charge in [0.1, 0.15) is 25.8 Å². The molecule has 0 unspecified atom stereocenters. The maximum absolute atomic E-state index is 8.94. The van der Waals surface area contributed by atoms with E-state index >= 15 is 0 Å². The zero-order valence-corrected chi connectivity index (χ0v) is 8.51. The van der Waals surface area contributed by atoms with E-state index in [2.05, 4.69) is 9.47 Å². The van der Waals surface area contributed by atoms with Crippen molar-refractivity contribution in [3.63, 3.8) is 0 Å². The van der Waals surface area contributed by atoms with E-state index in [0.717, 1.165) is 0 Å². The average molecular weight is 210 g/mol. The Balaban J connectivity index is 3.87. The summed E-state index contributed by atoms with van der Waals surface area (Å²) in [4.78, 5) is 0. The van der Waals surface area contributed by atoms with Gasteiger partial charge in [-0.25, -0.2) is 0 Å². The second kappa shape index (κ2) is 9.32. The minimum Gasteiger partial charge on any atom is -0.394 e. The first kappa shape index (κ1) is 13.8. The molecular weight excluding hydrogens is 192 g/mol. The minimum absolute atomic E-state index is 0.0398. The molecule has 86 valence electrons. The summed E-state index contributed by atoms with van der Waals surface area (Å²) in [5, 5.41) is 17.9. The number of hydrogen-bond acceptors (Lipinski definition) is 6. The second-order valence-electron chi connectivity index (χ2n) is 2.59. The SMILES string of the molecule is COCO[C@@H](CO)[C@@H](CO)OCOC. The highest BCUT2D eigenvalue weighted by atomic mass is 16.7. The van der Waals surface area contributed by atoms with Gasteiger partial charge in [-0.05, 0) is 0 Å². The summed E-state index contributed by atoms with van der Waals surface area (Å²) < 4.78 is 19.5. The lowest BCUT2D eigenvalue weighted by molar-refractivity contribution is -0.176. The van der Waals surface area contributed by atoms with Gasteiger partial charge < -0.3 is 29.2 Å². The van der Waals surface area contributed by atoms with Gasteiger partial charge in [0.25, 0.3) is 0 Å². The first-order valence-corrected chi connectivity index (χ1v) is 4.22. The van der Waals surface area contributed by atoms with Crippen LogP contribution in [0.2, 0.25) is 0 Å². The number of aliphatic hydroxyl groups is 2. The number of hydrogen-bond donors (Lipinski definition) is 2. The molecule has 2 N–H and O–H groups in total. The Morgan fingerprint density at radius 1 is 0.857 bits per heavy atom. The molecule has 0 aromatic carbocycles. The van der Waals surface area contributed by atoms with Crippen molar-refractivity contribution in [1.29, 1.82) is 0 Å². The van der Waals surface area contributed by atoms with Gasteiger partial charge in [0.05, 0.1) is 13.2 Å². The molecule has 0 heterocycles. The topological polar surface area (TPSA) is 77.4 Å². The number of methoxy groups -OCH3 is 2. The molecule has 14 heavy (non-hydrogen) atoms. The van der Waals surface area contributed by atoms with Gasteiger partial charge in [0.15, 0.2) is 0 Å². The summed E-state index contributed by atoms with van der Waals surface area (Å²) >= 11 is 0.